The van der Waals surface area contributed by atoms with Crippen LogP contribution >= 0.6 is 0 Å². The number of rotatable bonds is 3. The molecule has 1 aliphatic heterocycles. The Morgan fingerprint density at radius 2 is 2.29 bits per heavy atom. The molecule has 2 rings (SSSR count). The van der Waals surface area contributed by atoms with Crippen molar-refractivity contribution in [2.45, 2.75) is 31.9 Å². The SMILES string of the molecule is COc1ccc(C#CCN)c(CN2CCCC(C)(O)C2)c1. The first-order valence-corrected chi connectivity index (χ1v) is 7.35. The molecule has 1 aliphatic rings. The number of aliphatic hydroxyl groups is 1. The van der Waals surface area contributed by atoms with Gasteiger partial charge in [-0.25, -0.2) is 0 Å². The van der Waals surface area contributed by atoms with Gasteiger partial charge in [-0.15, -0.1) is 0 Å². The molecular formula is C17H24N2O2. The highest BCUT2D eigenvalue weighted by molar-refractivity contribution is 5.45. The summed E-state index contributed by atoms with van der Waals surface area (Å²) in [6.07, 6.45) is 1.88. The molecule has 1 heterocycles. The highest BCUT2D eigenvalue weighted by atomic mass is 16.5. The van der Waals surface area contributed by atoms with Crippen molar-refractivity contribution in [1.29, 1.82) is 0 Å². The molecule has 0 spiro atoms. The Bertz CT molecular complexity index is 543. The van der Waals surface area contributed by atoms with E-state index in [0.29, 0.717) is 13.1 Å². The predicted molar refractivity (Wildman–Crippen MR) is 84.1 cm³/mol. The molecule has 0 saturated carbocycles. The number of benzene rings is 1. The Labute approximate surface area is 126 Å². The summed E-state index contributed by atoms with van der Waals surface area (Å²) >= 11 is 0. The van der Waals surface area contributed by atoms with Gasteiger partial charge in [-0.05, 0) is 50.1 Å². The van der Waals surface area contributed by atoms with E-state index < -0.39 is 5.60 Å². The quantitative estimate of drug-likeness (QED) is 0.824. The highest BCUT2D eigenvalue weighted by Crippen LogP contribution is 2.24. The predicted octanol–water partition coefficient (Wildman–Crippen LogP) is 1.35. The zero-order chi connectivity index (χ0) is 15.3. The van der Waals surface area contributed by atoms with E-state index in [1.54, 1.807) is 7.11 Å². The van der Waals surface area contributed by atoms with E-state index in [4.69, 9.17) is 10.5 Å². The number of nitrogens with zero attached hydrogens (tertiary/aromatic N) is 1. The Balaban J connectivity index is 2.20. The van der Waals surface area contributed by atoms with Gasteiger partial charge in [-0.3, -0.25) is 4.90 Å². The molecule has 1 unspecified atom stereocenters. The van der Waals surface area contributed by atoms with Gasteiger partial charge >= 0.3 is 0 Å². The fourth-order valence-electron chi connectivity index (χ4n) is 2.80. The van der Waals surface area contributed by atoms with Crippen LogP contribution in [0.2, 0.25) is 0 Å². The van der Waals surface area contributed by atoms with E-state index >= 15 is 0 Å². The topological polar surface area (TPSA) is 58.7 Å². The number of likely N-dealkylation sites (tertiary alicyclic amines) is 1. The maximum absolute atomic E-state index is 10.2. The van der Waals surface area contributed by atoms with Crippen LogP contribution in [0.4, 0.5) is 0 Å². The van der Waals surface area contributed by atoms with Gasteiger partial charge in [0.1, 0.15) is 5.75 Å². The normalized spacial score (nSPS) is 22.5. The van der Waals surface area contributed by atoms with Gasteiger partial charge in [-0.2, -0.15) is 0 Å². The number of β-amino-alcohol motifs (C(OH)–C–C–N with tert-alkyl or cyclic N) is 1. The monoisotopic (exact) mass is 288 g/mol. The standard InChI is InChI=1S/C17H24N2O2/c1-17(20)8-4-10-19(13-17)12-15-11-16(21-2)7-6-14(15)5-3-9-18/h6-7,11,20H,4,8-10,12-13,18H2,1-2H3. The number of nitrogens with two attached hydrogens (primary N) is 1. The Morgan fingerprint density at radius 1 is 1.48 bits per heavy atom. The molecular weight excluding hydrogens is 264 g/mol. The number of methoxy groups -OCH3 is 1. The number of ether oxygens (including phenoxy) is 1. The van der Waals surface area contributed by atoms with Crippen molar-refractivity contribution >= 4 is 0 Å². The lowest BCUT2D eigenvalue weighted by Gasteiger charge is -2.37. The van der Waals surface area contributed by atoms with E-state index in [1.165, 1.54) is 0 Å². The Hall–Kier alpha value is -1.54. The van der Waals surface area contributed by atoms with Crippen molar-refractivity contribution in [2.75, 3.05) is 26.7 Å². The second-order valence-corrected chi connectivity index (χ2v) is 5.84. The first-order chi connectivity index (χ1) is 10.0. The van der Waals surface area contributed by atoms with Gasteiger partial charge in [0.15, 0.2) is 0 Å². The van der Waals surface area contributed by atoms with E-state index in [-0.39, 0.29) is 0 Å². The molecule has 0 amide bonds. The third kappa shape index (κ3) is 4.47. The summed E-state index contributed by atoms with van der Waals surface area (Å²) in [5.41, 5.74) is 6.96. The summed E-state index contributed by atoms with van der Waals surface area (Å²) in [5, 5.41) is 10.2. The maximum atomic E-state index is 10.2. The van der Waals surface area contributed by atoms with E-state index in [9.17, 15) is 5.11 Å². The molecule has 0 radical (unpaired) electrons. The molecule has 4 heteroatoms. The van der Waals surface area contributed by atoms with Crippen molar-refractivity contribution < 1.29 is 9.84 Å². The molecule has 114 valence electrons. The molecule has 1 aromatic rings. The van der Waals surface area contributed by atoms with Crippen LogP contribution < -0.4 is 10.5 Å². The summed E-state index contributed by atoms with van der Waals surface area (Å²) in [7, 11) is 1.66. The summed E-state index contributed by atoms with van der Waals surface area (Å²) in [4.78, 5) is 2.27. The molecule has 0 aromatic heterocycles. The highest BCUT2D eigenvalue weighted by Gasteiger charge is 2.28. The van der Waals surface area contributed by atoms with Crippen molar-refractivity contribution in [3.8, 4) is 17.6 Å². The lowest BCUT2D eigenvalue weighted by molar-refractivity contribution is -0.0181. The zero-order valence-corrected chi connectivity index (χ0v) is 12.9. The van der Waals surface area contributed by atoms with Crippen molar-refractivity contribution in [3.05, 3.63) is 29.3 Å². The average Bonchev–Trinajstić information content (AvgIpc) is 2.45. The summed E-state index contributed by atoms with van der Waals surface area (Å²) in [5.74, 6) is 6.85. The number of hydrogen-bond donors (Lipinski definition) is 2. The minimum atomic E-state index is -0.597. The molecule has 0 bridgehead atoms. The van der Waals surface area contributed by atoms with Crippen molar-refractivity contribution in [2.24, 2.45) is 5.73 Å². The smallest absolute Gasteiger partial charge is 0.119 e. The Morgan fingerprint density at radius 3 is 2.95 bits per heavy atom. The van der Waals surface area contributed by atoms with Gasteiger partial charge in [0.25, 0.3) is 0 Å². The van der Waals surface area contributed by atoms with E-state index in [2.05, 4.69) is 16.7 Å². The second kappa shape index (κ2) is 6.95. The molecule has 1 aromatic carbocycles. The van der Waals surface area contributed by atoms with Crippen LogP contribution in [0.5, 0.6) is 5.75 Å². The second-order valence-electron chi connectivity index (χ2n) is 5.84. The van der Waals surface area contributed by atoms with Gasteiger partial charge in [0.2, 0.25) is 0 Å². The van der Waals surface area contributed by atoms with Gasteiger partial charge in [-0.1, -0.05) is 11.8 Å². The van der Waals surface area contributed by atoms with Crippen LogP contribution in [0.15, 0.2) is 18.2 Å². The third-order valence-corrected chi connectivity index (χ3v) is 3.79. The minimum Gasteiger partial charge on any atom is -0.497 e. The average molecular weight is 288 g/mol. The summed E-state index contributed by atoms with van der Waals surface area (Å²) < 4.78 is 5.30. The fraction of sp³-hybridized carbons (Fsp3) is 0.529. The van der Waals surface area contributed by atoms with Crippen LogP contribution in [0, 0.1) is 11.8 Å². The molecule has 4 nitrogen and oxygen atoms in total. The van der Waals surface area contributed by atoms with Crippen LogP contribution in [0.25, 0.3) is 0 Å². The van der Waals surface area contributed by atoms with Gasteiger partial charge in [0.05, 0.1) is 19.3 Å². The zero-order valence-electron chi connectivity index (χ0n) is 12.9. The molecule has 1 saturated heterocycles. The molecule has 1 fully saturated rings. The van der Waals surface area contributed by atoms with E-state index in [0.717, 1.165) is 42.8 Å². The van der Waals surface area contributed by atoms with Crippen molar-refractivity contribution in [3.63, 3.8) is 0 Å². The molecule has 0 aliphatic carbocycles. The van der Waals surface area contributed by atoms with Crippen LogP contribution in [-0.2, 0) is 6.54 Å². The summed E-state index contributed by atoms with van der Waals surface area (Å²) in [6, 6.07) is 5.90. The van der Waals surface area contributed by atoms with Crippen LogP contribution in [0.3, 0.4) is 0 Å². The number of hydrogen-bond acceptors (Lipinski definition) is 4. The van der Waals surface area contributed by atoms with Gasteiger partial charge < -0.3 is 15.6 Å². The first-order valence-electron chi connectivity index (χ1n) is 7.35. The lowest BCUT2D eigenvalue weighted by atomic mass is 9.94. The summed E-state index contributed by atoms with van der Waals surface area (Å²) in [6.45, 7) is 4.71. The number of piperidine rings is 1. The molecule has 3 N–H and O–H groups in total. The van der Waals surface area contributed by atoms with E-state index in [1.807, 2.05) is 25.1 Å². The van der Waals surface area contributed by atoms with Crippen LogP contribution in [0.1, 0.15) is 30.9 Å². The first kappa shape index (κ1) is 15.8. The maximum Gasteiger partial charge on any atom is 0.119 e. The lowest BCUT2D eigenvalue weighted by Crippen LogP contribution is -2.45. The molecule has 1 atom stereocenters. The Kier molecular flexibility index (Phi) is 5.24. The molecule has 21 heavy (non-hydrogen) atoms. The van der Waals surface area contributed by atoms with Crippen molar-refractivity contribution in [1.82, 2.24) is 4.90 Å². The largest absolute Gasteiger partial charge is 0.497 e. The van der Waals surface area contributed by atoms with Gasteiger partial charge in [0, 0.05) is 18.7 Å². The minimum absolute atomic E-state index is 0.351. The fourth-order valence-corrected chi connectivity index (χ4v) is 2.80. The van der Waals surface area contributed by atoms with Crippen LogP contribution in [-0.4, -0.2) is 42.4 Å². The third-order valence-electron chi connectivity index (χ3n) is 3.79.